The zero-order valence-corrected chi connectivity index (χ0v) is 12.1. The molecule has 4 unspecified atom stereocenters. The van der Waals surface area contributed by atoms with Crippen molar-refractivity contribution in [2.24, 2.45) is 17.6 Å². The molecule has 4 nitrogen and oxygen atoms in total. The topological polar surface area (TPSA) is 66.6 Å². The second-order valence-corrected chi connectivity index (χ2v) is 6.50. The summed E-state index contributed by atoms with van der Waals surface area (Å²) < 4.78 is 0. The molecule has 0 spiro atoms. The second kappa shape index (κ2) is 6.71. The molecule has 0 aromatic rings. The Morgan fingerprint density at radius 2 is 2.16 bits per heavy atom. The number of carbonyl (C=O) groups is 1. The quantitative estimate of drug-likeness (QED) is 0.815. The minimum Gasteiger partial charge on any atom is -0.393 e. The standard InChI is InChI=1S/C15H28N2O2/c1-11-10-17(8-7-14(11)18)15(19)6-5-12-3-2-4-13(16)9-12/h11-14,18H,2-10,16H2,1H3. The highest BCUT2D eigenvalue weighted by Crippen LogP contribution is 2.27. The predicted octanol–water partition coefficient (Wildman–Crippen LogP) is 1.51. The van der Waals surface area contributed by atoms with E-state index in [4.69, 9.17) is 5.73 Å². The maximum atomic E-state index is 12.2. The first kappa shape index (κ1) is 14.8. The molecule has 2 aliphatic rings. The van der Waals surface area contributed by atoms with Crippen molar-refractivity contribution in [1.82, 2.24) is 4.90 Å². The van der Waals surface area contributed by atoms with Crippen LogP contribution in [0.5, 0.6) is 0 Å². The molecule has 0 aromatic heterocycles. The van der Waals surface area contributed by atoms with E-state index in [0.29, 0.717) is 31.5 Å². The first-order valence-corrected chi connectivity index (χ1v) is 7.77. The van der Waals surface area contributed by atoms with E-state index in [1.54, 1.807) is 0 Å². The van der Waals surface area contributed by atoms with Crippen LogP contribution in [0.4, 0.5) is 0 Å². The average Bonchev–Trinajstić information content (AvgIpc) is 2.39. The van der Waals surface area contributed by atoms with Crippen molar-refractivity contribution >= 4 is 5.91 Å². The van der Waals surface area contributed by atoms with Crippen molar-refractivity contribution < 1.29 is 9.90 Å². The molecule has 19 heavy (non-hydrogen) atoms. The van der Waals surface area contributed by atoms with Gasteiger partial charge in [0.2, 0.25) is 5.91 Å². The molecule has 1 aliphatic carbocycles. The molecule has 0 bridgehead atoms. The van der Waals surface area contributed by atoms with Crippen LogP contribution in [-0.4, -0.2) is 41.1 Å². The van der Waals surface area contributed by atoms with E-state index >= 15 is 0 Å². The minimum absolute atomic E-state index is 0.209. The Morgan fingerprint density at radius 1 is 1.37 bits per heavy atom. The zero-order valence-electron chi connectivity index (χ0n) is 12.1. The van der Waals surface area contributed by atoms with E-state index in [1.165, 1.54) is 12.8 Å². The van der Waals surface area contributed by atoms with E-state index in [9.17, 15) is 9.90 Å². The second-order valence-electron chi connectivity index (χ2n) is 6.50. The lowest BCUT2D eigenvalue weighted by Gasteiger charge is -2.35. The van der Waals surface area contributed by atoms with Gasteiger partial charge in [0, 0.05) is 25.6 Å². The van der Waals surface area contributed by atoms with Crippen molar-refractivity contribution in [3.63, 3.8) is 0 Å². The molecule has 1 saturated carbocycles. The molecule has 4 heteroatoms. The Bertz CT molecular complexity index is 309. The Balaban J connectivity index is 1.72. The molecule has 3 N–H and O–H groups in total. The summed E-state index contributed by atoms with van der Waals surface area (Å²) in [5, 5.41) is 9.69. The molecular formula is C15H28N2O2. The predicted molar refractivity (Wildman–Crippen MR) is 75.5 cm³/mol. The lowest BCUT2D eigenvalue weighted by atomic mass is 9.83. The maximum absolute atomic E-state index is 12.2. The van der Waals surface area contributed by atoms with E-state index in [1.807, 2.05) is 11.8 Å². The normalized spacial score (nSPS) is 36.3. The highest BCUT2D eigenvalue weighted by Gasteiger charge is 2.27. The van der Waals surface area contributed by atoms with Gasteiger partial charge in [-0.1, -0.05) is 19.8 Å². The summed E-state index contributed by atoms with van der Waals surface area (Å²) >= 11 is 0. The van der Waals surface area contributed by atoms with Crippen molar-refractivity contribution in [3.8, 4) is 0 Å². The van der Waals surface area contributed by atoms with Crippen molar-refractivity contribution in [1.29, 1.82) is 0 Å². The number of piperidine rings is 1. The van der Waals surface area contributed by atoms with E-state index < -0.39 is 0 Å². The van der Waals surface area contributed by atoms with Crippen LogP contribution in [0.25, 0.3) is 0 Å². The fourth-order valence-electron chi connectivity index (χ4n) is 3.44. The monoisotopic (exact) mass is 268 g/mol. The third-order valence-electron chi connectivity index (χ3n) is 4.80. The largest absolute Gasteiger partial charge is 0.393 e. The molecule has 0 aromatic carbocycles. The number of aliphatic hydroxyl groups is 1. The number of aliphatic hydroxyl groups excluding tert-OH is 1. The smallest absolute Gasteiger partial charge is 0.222 e. The highest BCUT2D eigenvalue weighted by atomic mass is 16.3. The molecule has 110 valence electrons. The van der Waals surface area contributed by atoms with Crippen LogP contribution in [0.1, 0.15) is 51.9 Å². The van der Waals surface area contributed by atoms with Crippen molar-refractivity contribution in [3.05, 3.63) is 0 Å². The van der Waals surface area contributed by atoms with Gasteiger partial charge in [0.05, 0.1) is 6.10 Å². The van der Waals surface area contributed by atoms with E-state index in [-0.39, 0.29) is 17.9 Å². The summed E-state index contributed by atoms with van der Waals surface area (Å²) in [5.41, 5.74) is 5.98. The number of likely N-dealkylation sites (tertiary alicyclic amines) is 1. The molecular weight excluding hydrogens is 240 g/mol. The van der Waals surface area contributed by atoms with Crippen molar-refractivity contribution in [2.45, 2.75) is 64.0 Å². The molecule has 1 amide bonds. The number of amides is 1. The summed E-state index contributed by atoms with van der Waals surface area (Å²) in [6, 6.07) is 0.346. The van der Waals surface area contributed by atoms with Gasteiger partial charge in [-0.15, -0.1) is 0 Å². The first-order valence-electron chi connectivity index (χ1n) is 7.77. The van der Waals surface area contributed by atoms with Crippen LogP contribution in [0, 0.1) is 11.8 Å². The molecule has 1 heterocycles. The highest BCUT2D eigenvalue weighted by molar-refractivity contribution is 5.76. The molecule has 0 radical (unpaired) electrons. The number of rotatable bonds is 3. The van der Waals surface area contributed by atoms with Gasteiger partial charge in [0.1, 0.15) is 0 Å². The third kappa shape index (κ3) is 4.18. The Labute approximate surface area is 116 Å². The third-order valence-corrected chi connectivity index (χ3v) is 4.80. The molecule has 1 saturated heterocycles. The SMILES string of the molecule is CC1CN(C(=O)CCC2CCCC(N)C2)CCC1O. The molecule has 4 atom stereocenters. The number of carbonyl (C=O) groups excluding carboxylic acids is 1. The lowest BCUT2D eigenvalue weighted by molar-refractivity contribution is -0.135. The fraction of sp³-hybridized carbons (Fsp3) is 0.933. The van der Waals surface area contributed by atoms with Crippen LogP contribution in [0.3, 0.4) is 0 Å². The van der Waals surface area contributed by atoms with Gasteiger partial charge in [-0.2, -0.15) is 0 Å². The maximum Gasteiger partial charge on any atom is 0.222 e. The fourth-order valence-corrected chi connectivity index (χ4v) is 3.44. The summed E-state index contributed by atoms with van der Waals surface area (Å²) in [7, 11) is 0. The van der Waals surface area contributed by atoms with Gasteiger partial charge in [0.25, 0.3) is 0 Å². The van der Waals surface area contributed by atoms with Gasteiger partial charge in [-0.25, -0.2) is 0 Å². The average molecular weight is 268 g/mol. The molecule has 2 fully saturated rings. The first-order chi connectivity index (χ1) is 9.06. The zero-order chi connectivity index (χ0) is 13.8. The van der Waals surface area contributed by atoms with Gasteiger partial charge in [-0.05, 0) is 37.5 Å². The molecule has 2 rings (SSSR count). The van der Waals surface area contributed by atoms with Crippen LogP contribution >= 0.6 is 0 Å². The number of nitrogens with two attached hydrogens (primary N) is 1. The van der Waals surface area contributed by atoms with Crippen molar-refractivity contribution in [2.75, 3.05) is 13.1 Å². The number of nitrogens with zero attached hydrogens (tertiary/aromatic N) is 1. The lowest BCUT2D eigenvalue weighted by Crippen LogP contribution is -2.45. The van der Waals surface area contributed by atoms with Gasteiger partial charge >= 0.3 is 0 Å². The summed E-state index contributed by atoms with van der Waals surface area (Å²) in [6.45, 7) is 3.45. The van der Waals surface area contributed by atoms with Crippen LogP contribution in [-0.2, 0) is 4.79 Å². The van der Waals surface area contributed by atoms with Crippen LogP contribution in [0.15, 0.2) is 0 Å². The Hall–Kier alpha value is -0.610. The Kier molecular flexibility index (Phi) is 5.22. The summed E-state index contributed by atoms with van der Waals surface area (Å²) in [5.74, 6) is 1.11. The summed E-state index contributed by atoms with van der Waals surface area (Å²) in [4.78, 5) is 14.1. The van der Waals surface area contributed by atoms with Crippen LogP contribution < -0.4 is 5.73 Å². The number of hydrogen-bond donors (Lipinski definition) is 2. The number of hydrogen-bond acceptors (Lipinski definition) is 3. The van der Waals surface area contributed by atoms with E-state index in [0.717, 1.165) is 25.7 Å². The minimum atomic E-state index is -0.236. The van der Waals surface area contributed by atoms with Gasteiger partial charge < -0.3 is 15.7 Å². The van der Waals surface area contributed by atoms with Gasteiger partial charge in [-0.3, -0.25) is 4.79 Å². The molecule has 1 aliphatic heterocycles. The van der Waals surface area contributed by atoms with Crippen LogP contribution in [0.2, 0.25) is 0 Å². The Morgan fingerprint density at radius 3 is 2.84 bits per heavy atom. The van der Waals surface area contributed by atoms with Gasteiger partial charge in [0.15, 0.2) is 0 Å². The summed E-state index contributed by atoms with van der Waals surface area (Å²) in [6.07, 6.45) is 6.80. The van der Waals surface area contributed by atoms with E-state index in [2.05, 4.69) is 0 Å².